The summed E-state index contributed by atoms with van der Waals surface area (Å²) in [5.74, 6) is -0.326. The van der Waals surface area contributed by atoms with Crippen LogP contribution in [-0.2, 0) is 33.2 Å². The van der Waals surface area contributed by atoms with Crippen molar-refractivity contribution in [2.45, 2.75) is 388 Å². The van der Waals surface area contributed by atoms with Crippen molar-refractivity contribution in [2.75, 3.05) is 26.4 Å². The zero-order chi connectivity index (χ0) is 78.8. The Morgan fingerprint density at radius 2 is 0.642 bits per heavy atom. The van der Waals surface area contributed by atoms with Crippen molar-refractivity contribution >= 4 is 5.91 Å². The quantitative estimate of drug-likeness (QED) is 0.0199. The number of hydrogen-bond donors (Lipinski definition) is 12. The first-order valence-electron chi connectivity index (χ1n) is 42.6. The lowest BCUT2D eigenvalue weighted by Crippen LogP contribution is -2.66. The predicted octanol–water partition coefficient (Wildman–Crippen LogP) is 15.4. The molecule has 0 spiro atoms. The van der Waals surface area contributed by atoms with Gasteiger partial charge in [-0.25, -0.2) is 0 Å². The number of hydrogen-bond acceptors (Lipinski definition) is 18. The highest BCUT2D eigenvalue weighted by Gasteiger charge is 2.54. The fourth-order valence-corrected chi connectivity index (χ4v) is 13.3. The zero-order valence-corrected chi connectivity index (χ0v) is 67.0. The second-order valence-corrected chi connectivity index (χ2v) is 29.5. The summed E-state index contributed by atoms with van der Waals surface area (Å²) >= 11 is 0. The average Bonchev–Trinajstić information content (AvgIpc) is 0.782. The average molecular weight is 1540 g/mol. The van der Waals surface area contributed by atoms with Gasteiger partial charge in [-0.2, -0.15) is 0 Å². The third kappa shape index (κ3) is 47.2. The van der Waals surface area contributed by atoms with Crippen molar-refractivity contribution < 1.29 is 89.4 Å². The van der Waals surface area contributed by atoms with Crippen molar-refractivity contribution in [3.63, 3.8) is 0 Å². The topological polar surface area (TPSA) is 307 Å². The fraction of sp³-hybridized carbons (Fsp3) is 0.722. The second kappa shape index (κ2) is 68.1. The first-order chi connectivity index (χ1) is 53.3. The first-order valence-corrected chi connectivity index (χ1v) is 42.6. The van der Waals surface area contributed by atoms with Gasteiger partial charge in [0.2, 0.25) is 5.91 Å². The van der Waals surface area contributed by atoms with Gasteiger partial charge in [0, 0.05) is 6.42 Å². The van der Waals surface area contributed by atoms with Gasteiger partial charge in [0.25, 0.3) is 0 Å². The van der Waals surface area contributed by atoms with Crippen LogP contribution in [0.1, 0.15) is 284 Å². The number of nitrogens with one attached hydrogen (secondary N) is 1. The van der Waals surface area contributed by atoms with Gasteiger partial charge in [0.05, 0.1) is 38.6 Å². The molecule has 3 heterocycles. The van der Waals surface area contributed by atoms with Crippen LogP contribution in [0.2, 0.25) is 0 Å². The Morgan fingerprint density at radius 1 is 0.339 bits per heavy atom. The Bertz CT molecular complexity index is 2540. The SMILES string of the molecule is CC/C=C\C/C=C\C/C=C\C/C=C\C/C=C\C/C=C\C/C=C\C/C=C\C/C=C\CCCCCC(=O)NC(COC1OC(CO)C(OC2OC(CO)C(OC3OC(CO)C(O)C(O)C3O)C(O)C2O)C(O)C1O)C(O)/C=C/CC/C=C/CC/C=C/CCCCCCCCCCCCCCCCCCCCCCCCC. The van der Waals surface area contributed by atoms with Crippen LogP contribution in [0.5, 0.6) is 0 Å². The maximum atomic E-state index is 13.5. The summed E-state index contributed by atoms with van der Waals surface area (Å²) in [5.41, 5.74) is 0. The fourth-order valence-electron chi connectivity index (χ4n) is 13.3. The molecule has 0 aromatic carbocycles. The van der Waals surface area contributed by atoms with Crippen molar-refractivity contribution in [1.82, 2.24) is 5.32 Å². The van der Waals surface area contributed by atoms with E-state index in [1.807, 2.05) is 6.08 Å². The summed E-state index contributed by atoms with van der Waals surface area (Å²) in [5, 5.41) is 121. The third-order valence-corrected chi connectivity index (χ3v) is 20.1. The number of carbonyl (C=O) groups is 1. The molecule has 17 unspecified atom stereocenters. The lowest BCUT2D eigenvalue weighted by atomic mass is 9.96. The molecule has 3 rings (SSSR count). The highest BCUT2D eigenvalue weighted by Crippen LogP contribution is 2.33. The van der Waals surface area contributed by atoms with E-state index in [0.29, 0.717) is 12.8 Å². The molecule has 19 nitrogen and oxygen atoms in total. The summed E-state index contributed by atoms with van der Waals surface area (Å²) < 4.78 is 34.4. The summed E-state index contributed by atoms with van der Waals surface area (Å²) in [6.45, 7) is 1.58. The van der Waals surface area contributed by atoms with Crippen LogP contribution in [0.25, 0.3) is 0 Å². The minimum Gasteiger partial charge on any atom is -0.394 e. The molecular weight excluding hydrogens is 1380 g/mol. The zero-order valence-electron chi connectivity index (χ0n) is 67.0. The van der Waals surface area contributed by atoms with Crippen LogP contribution in [0.15, 0.2) is 146 Å². The van der Waals surface area contributed by atoms with E-state index in [9.17, 15) is 61.0 Å². The summed E-state index contributed by atoms with van der Waals surface area (Å²) in [7, 11) is 0. The number of unbranched alkanes of at least 4 members (excludes halogenated alkanes) is 28. The predicted molar refractivity (Wildman–Crippen MR) is 438 cm³/mol. The molecule has 3 aliphatic rings. The summed E-state index contributed by atoms with van der Waals surface area (Å²) in [4.78, 5) is 13.5. The molecule has 0 bridgehead atoms. The standard InChI is InChI=1S/C90H151NO18/c1-3-5-7-9-11-13-15-17-19-21-23-25-27-29-31-33-35-36-38-39-41-43-45-47-49-51-53-55-57-59-61-63-65-67-74(95)73(91-78(96)68-66-64-62-60-58-56-54-52-50-48-46-44-42-40-37-34-32-30-28-26-24-22-20-18-16-14-12-10-8-6-4-2)72-104-88-84(102)81(99)86(76(70-93)106-88)109-90-85(103)82(100)87(77(71-94)107-90)108-89-83(101)80(98)79(97)75(69-92)105-89/h6,8,12,14,18,20,24,26,30,32,37,40,44,46,49-52,56-59,65,67,73-77,79-90,92-95,97-103H,3-5,7,9-11,13,15-17,19,21-23,25,27-29,31,33-36,38-39,41-43,45,47-48,53-55,60-64,66,68-72H2,1-2H3,(H,91,96)/b8-6-,14-12-,20-18-,26-24-,32-30-,40-37-,46-44-,51-49+,52-50-,58-56-,59-57+,67-65+. The molecule has 19 heteroatoms. The van der Waals surface area contributed by atoms with Gasteiger partial charge in [-0.3, -0.25) is 4.79 Å². The number of aliphatic hydroxyl groups excluding tert-OH is 11. The number of rotatable bonds is 66. The van der Waals surface area contributed by atoms with Gasteiger partial charge >= 0.3 is 0 Å². The molecule has 12 N–H and O–H groups in total. The van der Waals surface area contributed by atoms with Crippen molar-refractivity contribution in [3.05, 3.63) is 146 Å². The number of ether oxygens (including phenoxy) is 6. The first kappa shape index (κ1) is 98.9. The van der Waals surface area contributed by atoms with E-state index in [0.717, 1.165) is 103 Å². The van der Waals surface area contributed by atoms with E-state index < -0.39 is 131 Å². The molecule has 0 radical (unpaired) electrons. The van der Waals surface area contributed by atoms with Gasteiger partial charge in [-0.05, 0) is 116 Å². The van der Waals surface area contributed by atoms with Crippen molar-refractivity contribution in [1.29, 1.82) is 0 Å². The van der Waals surface area contributed by atoms with Crippen molar-refractivity contribution in [2.24, 2.45) is 0 Å². The lowest BCUT2D eigenvalue weighted by Gasteiger charge is -2.48. The number of carbonyl (C=O) groups excluding carboxylic acids is 1. The van der Waals surface area contributed by atoms with E-state index in [1.54, 1.807) is 6.08 Å². The highest BCUT2D eigenvalue weighted by atomic mass is 16.8. The Morgan fingerprint density at radius 3 is 1.03 bits per heavy atom. The maximum Gasteiger partial charge on any atom is 0.220 e. The molecule has 3 saturated heterocycles. The van der Waals surface area contributed by atoms with Gasteiger partial charge in [-0.15, -0.1) is 0 Å². The molecule has 17 atom stereocenters. The van der Waals surface area contributed by atoms with E-state index >= 15 is 0 Å². The minimum absolute atomic E-state index is 0.182. The van der Waals surface area contributed by atoms with Gasteiger partial charge < -0.3 is 89.9 Å². The number of amides is 1. The van der Waals surface area contributed by atoms with Crippen LogP contribution in [0, 0.1) is 0 Å². The molecule has 0 aromatic heterocycles. The van der Waals surface area contributed by atoms with Gasteiger partial charge in [-0.1, -0.05) is 307 Å². The molecule has 1 amide bonds. The summed E-state index contributed by atoms with van der Waals surface area (Å²) in [6, 6.07) is -1.03. The normalized spacial score (nSPS) is 26.0. The molecule has 0 aliphatic carbocycles. The van der Waals surface area contributed by atoms with Crippen molar-refractivity contribution in [3.8, 4) is 0 Å². The molecule has 0 saturated carbocycles. The maximum absolute atomic E-state index is 13.5. The molecule has 109 heavy (non-hydrogen) atoms. The minimum atomic E-state index is -2.00. The monoisotopic (exact) mass is 1530 g/mol. The van der Waals surface area contributed by atoms with Crippen LogP contribution in [0.3, 0.4) is 0 Å². The smallest absolute Gasteiger partial charge is 0.220 e. The Kier molecular flexibility index (Phi) is 61.8. The highest BCUT2D eigenvalue weighted by molar-refractivity contribution is 5.76. The molecule has 3 fully saturated rings. The molecular formula is C90H151NO18. The van der Waals surface area contributed by atoms with Crippen LogP contribution < -0.4 is 5.32 Å². The van der Waals surface area contributed by atoms with Crippen LogP contribution >= 0.6 is 0 Å². The molecule has 3 aliphatic heterocycles. The largest absolute Gasteiger partial charge is 0.394 e. The number of aliphatic hydroxyl groups is 11. The Hall–Kier alpha value is -4.33. The number of allylic oxidation sites excluding steroid dienone is 23. The Balaban J connectivity index is 1.40. The van der Waals surface area contributed by atoms with E-state index in [1.165, 1.54) is 148 Å². The van der Waals surface area contributed by atoms with Gasteiger partial charge in [0.15, 0.2) is 18.9 Å². The second-order valence-electron chi connectivity index (χ2n) is 29.5. The van der Waals surface area contributed by atoms with Gasteiger partial charge in [0.1, 0.15) is 73.2 Å². The van der Waals surface area contributed by atoms with E-state index in [-0.39, 0.29) is 12.3 Å². The van der Waals surface area contributed by atoms with Crippen LogP contribution in [0.4, 0.5) is 0 Å². The van der Waals surface area contributed by atoms with E-state index in [2.05, 4.69) is 153 Å². The molecule has 0 aromatic rings. The van der Waals surface area contributed by atoms with E-state index in [4.69, 9.17) is 28.4 Å². The lowest BCUT2D eigenvalue weighted by molar-refractivity contribution is -0.379. The Labute approximate surface area is 657 Å². The summed E-state index contributed by atoms with van der Waals surface area (Å²) in [6.07, 6.45) is 72.7. The third-order valence-electron chi connectivity index (χ3n) is 20.1. The van der Waals surface area contributed by atoms with Crippen LogP contribution in [-0.4, -0.2) is 193 Å². The molecule has 624 valence electrons.